The van der Waals surface area contributed by atoms with Gasteiger partial charge in [-0.05, 0) is 73.4 Å². The number of quaternary nitrogens is 1. The van der Waals surface area contributed by atoms with Gasteiger partial charge in [-0.2, -0.15) is 5.10 Å². The first-order valence-electron chi connectivity index (χ1n) is 12.4. The lowest BCUT2D eigenvalue weighted by atomic mass is 10.0. The molecule has 0 saturated carbocycles. The summed E-state index contributed by atoms with van der Waals surface area (Å²) < 4.78 is 7.96. The van der Waals surface area contributed by atoms with Crippen LogP contribution in [0.15, 0.2) is 66.7 Å². The van der Waals surface area contributed by atoms with Crippen LogP contribution in [0.2, 0.25) is 5.02 Å². The molecule has 5 aromatic rings. The molecule has 0 unspecified atom stereocenters. The summed E-state index contributed by atoms with van der Waals surface area (Å²) in [5.74, 6) is 0.328. The van der Waals surface area contributed by atoms with Crippen LogP contribution in [0.25, 0.3) is 26.7 Å². The van der Waals surface area contributed by atoms with Gasteiger partial charge >= 0.3 is 5.97 Å². The molecule has 0 radical (unpaired) electrons. The minimum absolute atomic E-state index is 0.330. The van der Waals surface area contributed by atoms with Crippen LogP contribution in [0.4, 0.5) is 0 Å². The molecule has 7 heteroatoms. The van der Waals surface area contributed by atoms with Crippen LogP contribution in [0.3, 0.4) is 0 Å². The molecule has 2 aromatic heterocycles. The van der Waals surface area contributed by atoms with Crippen molar-refractivity contribution in [2.24, 2.45) is 0 Å². The number of aryl methyl sites for hydroxylation is 1. The van der Waals surface area contributed by atoms with E-state index in [-0.39, 0.29) is 5.97 Å². The highest BCUT2D eigenvalue weighted by Gasteiger charge is 2.23. The number of piperidine rings is 1. The summed E-state index contributed by atoms with van der Waals surface area (Å²) in [7, 11) is 0. The molecule has 36 heavy (non-hydrogen) atoms. The summed E-state index contributed by atoms with van der Waals surface area (Å²) in [6.45, 7) is 5.14. The molecule has 6 rings (SSSR count). The third kappa shape index (κ3) is 4.41. The minimum Gasteiger partial charge on any atom is -0.422 e. The van der Waals surface area contributed by atoms with Gasteiger partial charge in [0.15, 0.2) is 0 Å². The van der Waals surface area contributed by atoms with Gasteiger partial charge in [0.25, 0.3) is 0 Å². The normalized spacial score (nSPS) is 14.5. The average Bonchev–Trinajstić information content (AvgIpc) is 3.47. The van der Waals surface area contributed by atoms with Gasteiger partial charge < -0.3 is 9.64 Å². The largest absolute Gasteiger partial charge is 0.422 e. The van der Waals surface area contributed by atoms with Crippen LogP contribution in [0, 0.1) is 6.92 Å². The van der Waals surface area contributed by atoms with Gasteiger partial charge in [0.2, 0.25) is 0 Å². The Labute approximate surface area is 218 Å². The Morgan fingerprint density at radius 3 is 2.61 bits per heavy atom. The van der Waals surface area contributed by atoms with Gasteiger partial charge in [-0.15, -0.1) is 11.3 Å². The number of nitrogens with one attached hydrogen (secondary N) is 1. The second-order valence-electron chi connectivity index (χ2n) is 9.44. The summed E-state index contributed by atoms with van der Waals surface area (Å²) in [5.41, 5.74) is 2.89. The predicted molar refractivity (Wildman–Crippen MR) is 146 cm³/mol. The molecule has 1 N–H and O–H groups in total. The smallest absolute Gasteiger partial charge is 0.353 e. The Balaban J connectivity index is 1.34. The zero-order valence-corrected chi connectivity index (χ0v) is 21.7. The average molecular weight is 517 g/mol. The molecule has 3 aromatic carbocycles. The standard InChI is InChI=1S/C29H26ClN3O2S/c1-19-24-17-27(36-28(24)33(31-19)22-12-10-21(30)11-13-22)29(34)35-26-14-9-20-7-3-4-8-23(20)25(26)18-32-15-5-2-6-16-32/h3-4,7-14,17H,2,5-6,15-16,18H2,1H3/p+1. The Morgan fingerprint density at radius 2 is 1.81 bits per heavy atom. The maximum absolute atomic E-state index is 13.4. The van der Waals surface area contributed by atoms with E-state index in [0.717, 1.165) is 52.2 Å². The fourth-order valence-corrected chi connectivity index (χ4v) is 6.31. The molecule has 0 spiro atoms. The number of carbonyl (C=O) groups excluding carboxylic acids is 1. The van der Waals surface area contributed by atoms with Gasteiger partial charge in [-0.3, -0.25) is 0 Å². The highest BCUT2D eigenvalue weighted by atomic mass is 35.5. The predicted octanol–water partition coefficient (Wildman–Crippen LogP) is 5.99. The Morgan fingerprint density at radius 1 is 1.03 bits per heavy atom. The van der Waals surface area contributed by atoms with Crippen LogP contribution in [0.5, 0.6) is 5.75 Å². The summed E-state index contributed by atoms with van der Waals surface area (Å²) in [4.78, 5) is 16.4. The monoisotopic (exact) mass is 516 g/mol. The maximum Gasteiger partial charge on any atom is 0.353 e. The molecular formula is C29H27ClN3O2S+. The second-order valence-corrected chi connectivity index (χ2v) is 10.9. The summed E-state index contributed by atoms with van der Waals surface area (Å²) in [5, 5.41) is 8.64. The van der Waals surface area contributed by atoms with E-state index in [1.54, 1.807) is 4.90 Å². The van der Waals surface area contributed by atoms with Crippen LogP contribution >= 0.6 is 22.9 Å². The van der Waals surface area contributed by atoms with Crippen LogP contribution < -0.4 is 9.64 Å². The Hall–Kier alpha value is -3.19. The molecule has 0 aliphatic carbocycles. The van der Waals surface area contributed by atoms with Crippen molar-refractivity contribution < 1.29 is 14.4 Å². The zero-order chi connectivity index (χ0) is 24.6. The first-order valence-corrected chi connectivity index (χ1v) is 13.6. The number of aromatic nitrogens is 2. The highest BCUT2D eigenvalue weighted by molar-refractivity contribution is 7.20. The molecule has 5 nitrogen and oxygen atoms in total. The lowest BCUT2D eigenvalue weighted by Crippen LogP contribution is -3.11. The molecule has 0 amide bonds. The molecule has 0 atom stereocenters. The van der Waals surface area contributed by atoms with Gasteiger partial charge in [-0.1, -0.05) is 41.9 Å². The van der Waals surface area contributed by atoms with Crippen LogP contribution in [-0.2, 0) is 6.54 Å². The number of rotatable bonds is 5. The number of benzene rings is 3. The number of hydrogen-bond donors (Lipinski definition) is 1. The minimum atomic E-state index is -0.330. The van der Waals surface area contributed by atoms with E-state index in [9.17, 15) is 4.79 Å². The Kier molecular flexibility index (Phi) is 6.25. The van der Waals surface area contributed by atoms with E-state index in [1.807, 2.05) is 54.1 Å². The first-order chi connectivity index (χ1) is 17.6. The van der Waals surface area contributed by atoms with E-state index in [2.05, 4.69) is 29.4 Å². The van der Waals surface area contributed by atoms with E-state index in [0.29, 0.717) is 15.6 Å². The number of nitrogens with zero attached hydrogens (tertiary/aromatic N) is 2. The molecule has 0 bridgehead atoms. The topological polar surface area (TPSA) is 48.6 Å². The maximum atomic E-state index is 13.4. The highest BCUT2D eigenvalue weighted by Crippen LogP contribution is 2.33. The van der Waals surface area contributed by atoms with E-state index < -0.39 is 0 Å². The third-order valence-corrected chi connectivity index (χ3v) is 8.35. The van der Waals surface area contributed by atoms with E-state index >= 15 is 0 Å². The van der Waals surface area contributed by atoms with Crippen molar-refractivity contribution in [1.29, 1.82) is 0 Å². The van der Waals surface area contributed by atoms with E-state index in [1.165, 1.54) is 36.0 Å². The van der Waals surface area contributed by atoms with E-state index in [4.69, 9.17) is 16.3 Å². The first kappa shape index (κ1) is 23.2. The molecule has 3 heterocycles. The Bertz CT molecular complexity index is 1570. The molecule has 1 fully saturated rings. The zero-order valence-electron chi connectivity index (χ0n) is 20.1. The third-order valence-electron chi connectivity index (χ3n) is 7.00. The SMILES string of the molecule is Cc1nn(-c2ccc(Cl)cc2)c2sc(C(=O)Oc3ccc4ccccc4c3C[NH+]3CCCCC3)cc12. The lowest BCUT2D eigenvalue weighted by Gasteiger charge is -2.25. The van der Waals surface area contributed by atoms with Gasteiger partial charge in [-0.25, -0.2) is 9.48 Å². The van der Waals surface area contributed by atoms with Gasteiger partial charge in [0.05, 0.1) is 30.0 Å². The fourth-order valence-electron chi connectivity index (χ4n) is 5.13. The van der Waals surface area contributed by atoms with Crippen molar-refractivity contribution in [2.75, 3.05) is 13.1 Å². The van der Waals surface area contributed by atoms with Crippen molar-refractivity contribution in [1.82, 2.24) is 9.78 Å². The van der Waals surface area contributed by atoms with Crippen molar-refractivity contribution in [3.8, 4) is 11.4 Å². The van der Waals surface area contributed by atoms with Crippen molar-refractivity contribution in [3.05, 3.63) is 87.9 Å². The number of thiophene rings is 1. The van der Waals surface area contributed by atoms with Crippen molar-refractivity contribution >= 4 is 49.9 Å². The number of fused-ring (bicyclic) bond motifs is 2. The summed E-state index contributed by atoms with van der Waals surface area (Å²) >= 11 is 7.47. The second kappa shape index (κ2) is 9.69. The van der Waals surface area contributed by atoms with Crippen LogP contribution in [0.1, 0.15) is 40.2 Å². The molecule has 182 valence electrons. The number of carbonyl (C=O) groups is 1. The fraction of sp³-hybridized carbons (Fsp3) is 0.241. The van der Waals surface area contributed by atoms with Crippen LogP contribution in [-0.4, -0.2) is 28.8 Å². The molecule has 1 saturated heterocycles. The number of ether oxygens (including phenoxy) is 1. The molecule has 1 aliphatic heterocycles. The van der Waals surface area contributed by atoms with Gasteiger partial charge in [0.1, 0.15) is 22.0 Å². The quantitative estimate of drug-likeness (QED) is 0.230. The summed E-state index contributed by atoms with van der Waals surface area (Å²) in [6, 6.07) is 21.8. The van der Waals surface area contributed by atoms with Crippen molar-refractivity contribution in [3.63, 3.8) is 0 Å². The number of halogens is 1. The molecular weight excluding hydrogens is 490 g/mol. The number of esters is 1. The van der Waals surface area contributed by atoms with Crippen molar-refractivity contribution in [2.45, 2.75) is 32.7 Å². The molecule has 1 aliphatic rings. The van der Waals surface area contributed by atoms with Gasteiger partial charge in [0, 0.05) is 10.4 Å². The number of hydrogen-bond acceptors (Lipinski definition) is 4. The lowest BCUT2D eigenvalue weighted by molar-refractivity contribution is -0.918. The number of likely N-dealkylation sites (tertiary alicyclic amines) is 1. The summed E-state index contributed by atoms with van der Waals surface area (Å²) in [6.07, 6.45) is 3.81.